The van der Waals surface area contributed by atoms with Crippen LogP contribution in [0.3, 0.4) is 0 Å². The van der Waals surface area contributed by atoms with Crippen LogP contribution < -0.4 is 5.73 Å². The summed E-state index contributed by atoms with van der Waals surface area (Å²) in [7, 11) is 0. The fraction of sp³-hybridized carbons (Fsp3) is 0.267. The summed E-state index contributed by atoms with van der Waals surface area (Å²) < 4.78 is 0. The zero-order valence-corrected chi connectivity index (χ0v) is 12.2. The Balaban J connectivity index is 0.000000902. The van der Waals surface area contributed by atoms with Gasteiger partial charge in [-0.15, -0.1) is 24.8 Å². The number of hydrogen-bond acceptors (Lipinski definition) is 2. The lowest BCUT2D eigenvalue weighted by atomic mass is 10.0. The zero-order valence-electron chi connectivity index (χ0n) is 10.5. The number of benzene rings is 1. The van der Waals surface area contributed by atoms with Gasteiger partial charge in [-0.1, -0.05) is 24.3 Å². The van der Waals surface area contributed by atoms with Crippen molar-refractivity contribution in [1.29, 1.82) is 0 Å². The minimum Gasteiger partial charge on any atom is -0.330 e. The molecule has 19 heavy (non-hydrogen) atoms. The summed E-state index contributed by atoms with van der Waals surface area (Å²) in [5, 5.41) is 0. The maximum atomic E-state index is 5.68. The molecule has 1 fully saturated rings. The number of aromatic nitrogens is 1. The van der Waals surface area contributed by atoms with E-state index >= 15 is 0 Å². The molecule has 2 N–H and O–H groups in total. The maximum Gasteiger partial charge on any atom is 0.0273 e. The molecule has 3 rings (SSSR count). The summed E-state index contributed by atoms with van der Waals surface area (Å²) in [6, 6.07) is 12.9. The number of nitrogens with two attached hydrogens (primary N) is 1. The van der Waals surface area contributed by atoms with Gasteiger partial charge < -0.3 is 5.73 Å². The van der Waals surface area contributed by atoms with Gasteiger partial charge in [0.1, 0.15) is 0 Å². The molecule has 2 nitrogen and oxygen atoms in total. The fourth-order valence-corrected chi connectivity index (χ4v) is 2.38. The third kappa shape index (κ3) is 3.47. The van der Waals surface area contributed by atoms with Crippen molar-refractivity contribution < 1.29 is 0 Å². The lowest BCUT2D eigenvalue weighted by molar-refractivity contribution is 0.810. The van der Waals surface area contributed by atoms with Crippen molar-refractivity contribution in [1.82, 2.24) is 4.98 Å². The van der Waals surface area contributed by atoms with Gasteiger partial charge >= 0.3 is 0 Å². The summed E-state index contributed by atoms with van der Waals surface area (Å²) in [4.78, 5) is 4.03. The van der Waals surface area contributed by atoms with Crippen molar-refractivity contribution in [3.8, 4) is 11.1 Å². The highest BCUT2D eigenvalue weighted by atomic mass is 35.5. The molecule has 102 valence electrons. The van der Waals surface area contributed by atoms with E-state index in [1.165, 1.54) is 23.1 Å². The second-order valence-corrected chi connectivity index (χ2v) is 4.70. The predicted octanol–water partition coefficient (Wildman–Crippen LogP) is 3.65. The van der Waals surface area contributed by atoms with Crippen LogP contribution in [0.15, 0.2) is 48.8 Å². The van der Waals surface area contributed by atoms with Crippen molar-refractivity contribution >= 4 is 24.8 Å². The van der Waals surface area contributed by atoms with Crippen LogP contribution in [0.2, 0.25) is 0 Å². The van der Waals surface area contributed by atoms with Gasteiger partial charge in [0.25, 0.3) is 0 Å². The normalized spacial score (nSPS) is 20.1. The van der Waals surface area contributed by atoms with Crippen LogP contribution in [0, 0.1) is 5.92 Å². The standard InChI is InChI=1S/C15H16N2.2ClH/c16-10-14-9-15(14)13-3-1-11(2-4-13)12-5-7-17-8-6-12;;/h1-8,14-15H,9-10,16H2;2*1H. The first-order chi connectivity index (χ1) is 8.38. The van der Waals surface area contributed by atoms with E-state index in [-0.39, 0.29) is 24.8 Å². The Kier molecular flexibility index (Phi) is 5.80. The van der Waals surface area contributed by atoms with Gasteiger partial charge in [-0.3, -0.25) is 4.98 Å². The second kappa shape index (κ2) is 6.90. The molecule has 1 heterocycles. The van der Waals surface area contributed by atoms with Crippen LogP contribution in [0.25, 0.3) is 11.1 Å². The van der Waals surface area contributed by atoms with E-state index < -0.39 is 0 Å². The summed E-state index contributed by atoms with van der Waals surface area (Å²) in [5.74, 6) is 1.41. The molecule has 0 saturated heterocycles. The topological polar surface area (TPSA) is 38.9 Å². The Labute approximate surface area is 126 Å². The van der Waals surface area contributed by atoms with Crippen molar-refractivity contribution in [3.63, 3.8) is 0 Å². The van der Waals surface area contributed by atoms with E-state index in [1.54, 1.807) is 0 Å². The number of rotatable bonds is 3. The Morgan fingerprint density at radius 3 is 2.05 bits per heavy atom. The van der Waals surface area contributed by atoms with E-state index in [1.807, 2.05) is 24.5 Å². The molecule has 1 aromatic heterocycles. The number of hydrogen-bond donors (Lipinski definition) is 1. The van der Waals surface area contributed by atoms with Crippen LogP contribution in [0.5, 0.6) is 0 Å². The quantitative estimate of drug-likeness (QED) is 0.939. The highest BCUT2D eigenvalue weighted by Crippen LogP contribution is 2.46. The summed E-state index contributed by atoms with van der Waals surface area (Å²) in [6.45, 7) is 0.816. The first-order valence-electron chi connectivity index (χ1n) is 6.09. The largest absolute Gasteiger partial charge is 0.330 e. The van der Waals surface area contributed by atoms with Gasteiger partial charge in [0, 0.05) is 12.4 Å². The third-order valence-corrected chi connectivity index (χ3v) is 3.58. The van der Waals surface area contributed by atoms with Crippen LogP contribution in [0.4, 0.5) is 0 Å². The van der Waals surface area contributed by atoms with Crippen LogP contribution in [-0.4, -0.2) is 11.5 Å². The molecule has 4 heteroatoms. The van der Waals surface area contributed by atoms with Crippen LogP contribution >= 0.6 is 24.8 Å². The van der Waals surface area contributed by atoms with Gasteiger partial charge in [0.05, 0.1) is 0 Å². The molecule has 0 amide bonds. The fourth-order valence-electron chi connectivity index (χ4n) is 2.38. The van der Waals surface area contributed by atoms with E-state index in [0.29, 0.717) is 11.8 Å². The first kappa shape index (κ1) is 16.0. The van der Waals surface area contributed by atoms with Gasteiger partial charge in [-0.25, -0.2) is 0 Å². The van der Waals surface area contributed by atoms with Crippen molar-refractivity contribution in [2.75, 3.05) is 6.54 Å². The van der Waals surface area contributed by atoms with E-state index in [0.717, 1.165) is 6.54 Å². The number of halogens is 2. The predicted molar refractivity (Wildman–Crippen MR) is 84.1 cm³/mol. The van der Waals surface area contributed by atoms with Gasteiger partial charge in [0.15, 0.2) is 0 Å². The molecule has 2 aromatic rings. The number of nitrogens with zero attached hydrogens (tertiary/aromatic N) is 1. The van der Waals surface area contributed by atoms with Crippen LogP contribution in [0.1, 0.15) is 17.9 Å². The average molecular weight is 297 g/mol. The average Bonchev–Trinajstić information content (AvgIpc) is 3.19. The lowest BCUT2D eigenvalue weighted by Crippen LogP contribution is -2.01. The molecule has 1 aliphatic rings. The summed E-state index contributed by atoms with van der Waals surface area (Å²) in [6.07, 6.45) is 4.91. The molecule has 0 bridgehead atoms. The molecule has 0 aliphatic heterocycles. The molecule has 1 aromatic carbocycles. The molecule has 2 atom stereocenters. The van der Waals surface area contributed by atoms with Crippen molar-refractivity contribution in [2.24, 2.45) is 11.7 Å². The molecule has 2 unspecified atom stereocenters. The molecule has 0 radical (unpaired) electrons. The molecule has 0 spiro atoms. The zero-order chi connectivity index (χ0) is 11.7. The van der Waals surface area contributed by atoms with Crippen molar-refractivity contribution in [2.45, 2.75) is 12.3 Å². The smallest absolute Gasteiger partial charge is 0.0273 e. The highest BCUT2D eigenvalue weighted by molar-refractivity contribution is 5.85. The highest BCUT2D eigenvalue weighted by Gasteiger charge is 2.36. The summed E-state index contributed by atoms with van der Waals surface area (Å²) in [5.41, 5.74) is 9.58. The molecular formula is C15H18Cl2N2. The Morgan fingerprint density at radius 1 is 0.947 bits per heavy atom. The Morgan fingerprint density at radius 2 is 1.53 bits per heavy atom. The minimum absolute atomic E-state index is 0. The molecule has 1 saturated carbocycles. The Bertz CT molecular complexity index is 499. The Hall–Kier alpha value is -1.09. The van der Waals surface area contributed by atoms with Gasteiger partial charge in [0.2, 0.25) is 0 Å². The first-order valence-corrected chi connectivity index (χ1v) is 6.09. The maximum absolute atomic E-state index is 5.68. The number of pyridine rings is 1. The summed E-state index contributed by atoms with van der Waals surface area (Å²) >= 11 is 0. The SMILES string of the molecule is Cl.Cl.NCC1CC1c1ccc(-c2ccncc2)cc1. The minimum atomic E-state index is 0. The van der Waals surface area contributed by atoms with E-state index in [4.69, 9.17) is 5.73 Å². The van der Waals surface area contributed by atoms with Gasteiger partial charge in [-0.2, -0.15) is 0 Å². The molecule has 1 aliphatic carbocycles. The lowest BCUT2D eigenvalue weighted by Gasteiger charge is -2.03. The van der Waals surface area contributed by atoms with E-state index in [9.17, 15) is 0 Å². The monoisotopic (exact) mass is 296 g/mol. The second-order valence-electron chi connectivity index (χ2n) is 4.70. The van der Waals surface area contributed by atoms with E-state index in [2.05, 4.69) is 29.2 Å². The van der Waals surface area contributed by atoms with Crippen molar-refractivity contribution in [3.05, 3.63) is 54.4 Å². The molecular weight excluding hydrogens is 279 g/mol. The third-order valence-electron chi connectivity index (χ3n) is 3.58. The van der Waals surface area contributed by atoms with Crippen LogP contribution in [-0.2, 0) is 0 Å². The van der Waals surface area contributed by atoms with Gasteiger partial charge in [-0.05, 0) is 53.6 Å².